The molecule has 6 nitrogen and oxygen atoms in total. The Morgan fingerprint density at radius 3 is 2.23 bits per heavy atom. The fraction of sp³-hybridized carbons (Fsp3) is 0.471. The van der Waals surface area contributed by atoms with Gasteiger partial charge in [-0.2, -0.15) is 0 Å². The molecule has 1 atom stereocenters. The Labute approximate surface area is 160 Å². The highest BCUT2D eigenvalue weighted by Gasteiger charge is 2.20. The molecule has 0 saturated carbocycles. The first-order valence-corrected chi connectivity index (χ1v) is 9.91. The monoisotopic (exact) mass is 401 g/mol. The number of halogens is 1. The topological polar surface area (TPSA) is 92.1 Å². The number of aliphatic imine (C=N–C) groups is 1. The summed E-state index contributed by atoms with van der Waals surface area (Å²) >= 11 is 3.23. The molecule has 0 amide bonds. The molecule has 2 rings (SSSR count). The van der Waals surface area contributed by atoms with Crippen molar-refractivity contribution in [3.05, 3.63) is 44.8 Å². The van der Waals surface area contributed by atoms with Gasteiger partial charge >= 0.3 is 0 Å². The summed E-state index contributed by atoms with van der Waals surface area (Å²) in [4.78, 5) is 6.01. The zero-order valence-electron chi connectivity index (χ0n) is 14.4. The molecule has 0 aromatic carbocycles. The number of ether oxygens (including phenoxy) is 3. The van der Waals surface area contributed by atoms with E-state index < -0.39 is 19.0 Å². The highest BCUT2D eigenvalue weighted by Crippen LogP contribution is 2.16. The maximum absolute atomic E-state index is 12.2. The largest absolute Gasteiger partial charge is 0.385 e. The fourth-order valence-electron chi connectivity index (χ4n) is 2.01. The zero-order chi connectivity index (χ0) is 18.6. The van der Waals surface area contributed by atoms with Crippen molar-refractivity contribution in [2.75, 3.05) is 26.4 Å². The van der Waals surface area contributed by atoms with Crippen LogP contribution in [-0.2, 0) is 27.4 Å². The second kappa shape index (κ2) is 12.1. The van der Waals surface area contributed by atoms with Gasteiger partial charge in [0.2, 0.25) is 0 Å². The van der Waals surface area contributed by atoms with Crippen molar-refractivity contribution in [1.29, 1.82) is 0 Å². The van der Waals surface area contributed by atoms with Crippen molar-refractivity contribution >= 4 is 28.5 Å². The van der Waals surface area contributed by atoms with Gasteiger partial charge in [-0.25, -0.2) is 4.39 Å². The zero-order valence-corrected chi connectivity index (χ0v) is 16.0. The average Bonchev–Trinajstić information content (AvgIpc) is 3.34. The smallest absolute Gasteiger partial charge is 0.175 e. The minimum Gasteiger partial charge on any atom is -0.385 e. The number of rotatable bonds is 13. The van der Waals surface area contributed by atoms with Crippen LogP contribution in [0.4, 0.5) is 4.39 Å². The Kier molecular flexibility index (Phi) is 9.75. The molecule has 0 bridgehead atoms. The van der Waals surface area contributed by atoms with E-state index in [0.29, 0.717) is 26.4 Å². The quantitative estimate of drug-likeness (QED) is 0.233. The van der Waals surface area contributed by atoms with E-state index in [9.17, 15) is 4.39 Å². The molecule has 2 aromatic rings. The number of nitrogens with zero attached hydrogens (tertiary/aromatic N) is 1. The van der Waals surface area contributed by atoms with Gasteiger partial charge in [0.25, 0.3) is 0 Å². The first-order valence-electron chi connectivity index (χ1n) is 8.15. The Morgan fingerprint density at radius 2 is 1.73 bits per heavy atom. The van der Waals surface area contributed by atoms with E-state index in [1.165, 1.54) is 0 Å². The van der Waals surface area contributed by atoms with Gasteiger partial charge in [0.15, 0.2) is 6.29 Å². The third-order valence-corrected chi connectivity index (χ3v) is 4.99. The standard InChI is InChI=1S/C17H24FN3O3S2/c18-9-16(20)21-5-6-22-12-15(19)17(23-10-13-3-1-7-25-13)24-11-14-4-2-8-26-14/h1-4,7-8,15,17H,5-6,9-12,19H2,(H2,20,21). The van der Waals surface area contributed by atoms with Crippen LogP contribution in [0.1, 0.15) is 9.75 Å². The molecule has 0 aliphatic carbocycles. The van der Waals surface area contributed by atoms with Gasteiger partial charge in [-0.3, -0.25) is 4.99 Å². The summed E-state index contributed by atoms with van der Waals surface area (Å²) in [5, 5.41) is 3.99. The van der Waals surface area contributed by atoms with E-state index in [1.807, 2.05) is 35.0 Å². The van der Waals surface area contributed by atoms with Gasteiger partial charge < -0.3 is 25.7 Å². The van der Waals surface area contributed by atoms with Crippen molar-refractivity contribution in [2.45, 2.75) is 25.5 Å². The number of amidine groups is 1. The Bertz CT molecular complexity index is 585. The molecule has 0 aliphatic rings. The number of hydrogen-bond acceptors (Lipinski definition) is 7. The summed E-state index contributed by atoms with van der Waals surface area (Å²) in [6.07, 6.45) is -0.599. The molecule has 0 saturated heterocycles. The molecule has 0 radical (unpaired) electrons. The first-order chi connectivity index (χ1) is 12.7. The fourth-order valence-corrected chi connectivity index (χ4v) is 3.26. The average molecular weight is 402 g/mol. The van der Waals surface area contributed by atoms with Crippen LogP contribution < -0.4 is 11.5 Å². The molecule has 26 heavy (non-hydrogen) atoms. The van der Waals surface area contributed by atoms with Crippen LogP contribution in [0.5, 0.6) is 0 Å². The number of nitrogens with two attached hydrogens (primary N) is 2. The lowest BCUT2D eigenvalue weighted by Crippen LogP contribution is -2.42. The van der Waals surface area contributed by atoms with Crippen LogP contribution in [-0.4, -0.2) is 44.6 Å². The Balaban J connectivity index is 1.78. The van der Waals surface area contributed by atoms with Gasteiger partial charge in [-0.05, 0) is 22.9 Å². The maximum atomic E-state index is 12.2. The summed E-state index contributed by atoms with van der Waals surface area (Å²) in [5.74, 6) is -0.0330. The van der Waals surface area contributed by atoms with Crippen molar-refractivity contribution in [1.82, 2.24) is 0 Å². The molecule has 144 valence electrons. The van der Waals surface area contributed by atoms with Crippen molar-refractivity contribution in [3.8, 4) is 0 Å². The number of alkyl halides is 1. The highest BCUT2D eigenvalue weighted by molar-refractivity contribution is 7.10. The molecule has 2 heterocycles. The van der Waals surface area contributed by atoms with Gasteiger partial charge in [0.1, 0.15) is 12.5 Å². The third-order valence-electron chi connectivity index (χ3n) is 3.29. The van der Waals surface area contributed by atoms with Crippen LogP contribution in [0.15, 0.2) is 40.0 Å². The third kappa shape index (κ3) is 7.90. The lowest BCUT2D eigenvalue weighted by molar-refractivity contribution is -0.174. The maximum Gasteiger partial charge on any atom is 0.175 e. The van der Waals surface area contributed by atoms with Crippen molar-refractivity contribution < 1.29 is 18.6 Å². The minimum absolute atomic E-state index is 0.0330. The predicted octanol–water partition coefficient (Wildman–Crippen LogP) is 2.54. The first kappa shape index (κ1) is 20.9. The van der Waals surface area contributed by atoms with Gasteiger partial charge in [-0.15, -0.1) is 22.7 Å². The normalized spacial score (nSPS) is 13.4. The summed E-state index contributed by atoms with van der Waals surface area (Å²) in [6, 6.07) is 7.47. The van der Waals surface area contributed by atoms with Crippen LogP contribution in [0.25, 0.3) is 0 Å². The Hall–Kier alpha value is -1.36. The van der Waals surface area contributed by atoms with Crippen LogP contribution in [0, 0.1) is 0 Å². The summed E-state index contributed by atoms with van der Waals surface area (Å²) in [6.45, 7) is 0.936. The molecule has 9 heteroatoms. The molecular weight excluding hydrogens is 377 g/mol. The number of hydrogen-bond donors (Lipinski definition) is 2. The van der Waals surface area contributed by atoms with E-state index in [-0.39, 0.29) is 12.4 Å². The van der Waals surface area contributed by atoms with Gasteiger partial charge in [0.05, 0.1) is 39.0 Å². The van der Waals surface area contributed by atoms with Crippen molar-refractivity contribution in [3.63, 3.8) is 0 Å². The predicted molar refractivity (Wildman–Crippen MR) is 103 cm³/mol. The SMILES string of the molecule is NC(CF)=NCCOCC(N)C(OCc1cccs1)OCc1cccs1. The van der Waals surface area contributed by atoms with Crippen LogP contribution in [0.3, 0.4) is 0 Å². The van der Waals surface area contributed by atoms with Gasteiger partial charge in [-0.1, -0.05) is 12.1 Å². The van der Waals surface area contributed by atoms with E-state index in [1.54, 1.807) is 22.7 Å². The highest BCUT2D eigenvalue weighted by atomic mass is 32.1. The van der Waals surface area contributed by atoms with Crippen LogP contribution >= 0.6 is 22.7 Å². The summed E-state index contributed by atoms with van der Waals surface area (Å²) in [5.41, 5.74) is 11.5. The summed E-state index contributed by atoms with van der Waals surface area (Å²) in [7, 11) is 0. The van der Waals surface area contributed by atoms with E-state index in [4.69, 9.17) is 25.7 Å². The molecule has 4 N–H and O–H groups in total. The lowest BCUT2D eigenvalue weighted by Gasteiger charge is -2.24. The molecule has 0 fully saturated rings. The van der Waals surface area contributed by atoms with Gasteiger partial charge in [0, 0.05) is 9.75 Å². The number of thiophene rings is 2. The molecule has 2 aromatic heterocycles. The summed E-state index contributed by atoms with van der Waals surface area (Å²) < 4.78 is 29.4. The van der Waals surface area contributed by atoms with E-state index in [2.05, 4.69) is 4.99 Å². The van der Waals surface area contributed by atoms with E-state index in [0.717, 1.165) is 9.75 Å². The second-order valence-corrected chi connectivity index (χ2v) is 7.46. The van der Waals surface area contributed by atoms with Crippen LogP contribution in [0.2, 0.25) is 0 Å². The molecular formula is C17H24FN3O3S2. The van der Waals surface area contributed by atoms with Crippen molar-refractivity contribution in [2.24, 2.45) is 16.5 Å². The second-order valence-electron chi connectivity index (χ2n) is 5.39. The molecule has 0 aliphatic heterocycles. The van der Waals surface area contributed by atoms with E-state index >= 15 is 0 Å². The molecule has 0 spiro atoms. The minimum atomic E-state index is -0.755. The molecule has 1 unspecified atom stereocenters. The lowest BCUT2D eigenvalue weighted by atomic mass is 10.3. The Morgan fingerprint density at radius 1 is 1.12 bits per heavy atom.